The molecule has 8 nitrogen and oxygen atoms in total. The molecule has 2 aliphatic heterocycles. The maximum Gasteiger partial charge on any atom is 0.295 e. The molecule has 0 radical (unpaired) electrons. The number of hydrogen-bond donors (Lipinski definition) is 1. The highest BCUT2D eigenvalue weighted by atomic mass is 16.5. The molecule has 0 spiro atoms. The lowest BCUT2D eigenvalue weighted by molar-refractivity contribution is -0.895. The van der Waals surface area contributed by atoms with Gasteiger partial charge in [-0.2, -0.15) is 0 Å². The van der Waals surface area contributed by atoms with Crippen LogP contribution in [0, 0.1) is 0 Å². The Morgan fingerprint density at radius 2 is 1.82 bits per heavy atom. The fourth-order valence-corrected chi connectivity index (χ4v) is 5.34. The SMILES string of the molecule is CCCOc1ccc(C2C(=C([O-])c3ccc4c(c3)CC(C)O4)C(=O)C(=O)N2CC[NH+](CC)CC)cc1OCC. The molecule has 0 aromatic heterocycles. The summed E-state index contributed by atoms with van der Waals surface area (Å²) in [6.07, 6.45) is 1.57. The molecule has 210 valence electrons. The van der Waals surface area contributed by atoms with Crippen LogP contribution in [0.25, 0.3) is 5.76 Å². The van der Waals surface area contributed by atoms with Gasteiger partial charge in [0.2, 0.25) is 5.78 Å². The van der Waals surface area contributed by atoms with E-state index in [2.05, 4.69) is 13.8 Å². The second kappa shape index (κ2) is 12.6. The van der Waals surface area contributed by atoms with Gasteiger partial charge >= 0.3 is 0 Å². The van der Waals surface area contributed by atoms with Crippen molar-refractivity contribution in [2.75, 3.05) is 39.4 Å². The van der Waals surface area contributed by atoms with Gasteiger partial charge in [-0.05, 0) is 75.1 Å². The van der Waals surface area contributed by atoms with Crippen molar-refractivity contribution >= 4 is 17.4 Å². The Balaban J connectivity index is 1.81. The Bertz CT molecular complexity index is 1240. The molecule has 39 heavy (non-hydrogen) atoms. The quantitative estimate of drug-likeness (QED) is 0.254. The van der Waals surface area contributed by atoms with Crippen molar-refractivity contribution in [3.63, 3.8) is 0 Å². The first-order valence-electron chi connectivity index (χ1n) is 14.1. The summed E-state index contributed by atoms with van der Waals surface area (Å²) in [6.45, 7) is 13.9. The lowest BCUT2D eigenvalue weighted by atomic mass is 9.94. The number of fused-ring (bicyclic) bond motifs is 1. The third kappa shape index (κ3) is 5.91. The van der Waals surface area contributed by atoms with Gasteiger partial charge in [0.15, 0.2) is 11.5 Å². The highest BCUT2D eigenvalue weighted by molar-refractivity contribution is 6.46. The van der Waals surface area contributed by atoms with E-state index in [0.717, 1.165) is 30.8 Å². The molecule has 1 saturated heterocycles. The molecule has 2 atom stereocenters. The Morgan fingerprint density at radius 3 is 2.51 bits per heavy atom. The van der Waals surface area contributed by atoms with Crippen molar-refractivity contribution < 1.29 is 33.8 Å². The number of carbonyl (C=O) groups is 2. The van der Waals surface area contributed by atoms with E-state index in [1.165, 1.54) is 4.90 Å². The number of likely N-dealkylation sites (tertiary alicyclic amines) is 1. The Hall–Kier alpha value is -3.52. The zero-order chi connectivity index (χ0) is 28.1. The molecule has 4 rings (SSSR count). The molecule has 2 unspecified atom stereocenters. The first kappa shape index (κ1) is 28.5. The van der Waals surface area contributed by atoms with Crippen LogP contribution in [-0.2, 0) is 16.0 Å². The molecular formula is C31H40N2O6. The Kier molecular flexibility index (Phi) is 9.17. The van der Waals surface area contributed by atoms with E-state index in [1.807, 2.05) is 26.8 Å². The minimum absolute atomic E-state index is 0.0221. The third-order valence-electron chi connectivity index (χ3n) is 7.44. The molecule has 1 amide bonds. The maximum absolute atomic E-state index is 13.9. The number of ketones is 1. The van der Waals surface area contributed by atoms with Crippen LogP contribution in [0.15, 0.2) is 42.0 Å². The lowest BCUT2D eigenvalue weighted by Gasteiger charge is -2.29. The maximum atomic E-state index is 13.9. The first-order valence-corrected chi connectivity index (χ1v) is 14.1. The van der Waals surface area contributed by atoms with Crippen LogP contribution in [0.1, 0.15) is 63.8 Å². The standard InChI is InChI=1S/C31H40N2O6/c1-6-16-38-25-13-10-21(19-26(25)37-9-4)28-27(30(35)31(36)33(28)15-14-32(7-2)8-3)29(34)22-11-12-24-23(18-22)17-20(5)39-24/h10-13,18-20,28,34H,6-9,14-17H2,1-5H3. The number of nitrogens with one attached hydrogen (secondary N) is 1. The van der Waals surface area contributed by atoms with E-state index in [9.17, 15) is 14.7 Å². The van der Waals surface area contributed by atoms with Gasteiger partial charge in [0.05, 0.1) is 45.4 Å². The molecule has 8 heteroatoms. The summed E-state index contributed by atoms with van der Waals surface area (Å²) in [5.74, 6) is 0.0639. The van der Waals surface area contributed by atoms with E-state index in [1.54, 1.807) is 35.2 Å². The fourth-order valence-electron chi connectivity index (χ4n) is 5.34. The predicted molar refractivity (Wildman–Crippen MR) is 147 cm³/mol. The summed E-state index contributed by atoms with van der Waals surface area (Å²) in [7, 11) is 0. The number of likely N-dealkylation sites (N-methyl/N-ethyl adjacent to an activating group) is 1. The second-order valence-electron chi connectivity index (χ2n) is 10.1. The largest absolute Gasteiger partial charge is 0.872 e. The van der Waals surface area contributed by atoms with Crippen molar-refractivity contribution in [3.8, 4) is 17.2 Å². The average Bonchev–Trinajstić information content (AvgIpc) is 3.43. The van der Waals surface area contributed by atoms with E-state index in [-0.39, 0.29) is 11.7 Å². The first-order chi connectivity index (χ1) is 18.8. The van der Waals surface area contributed by atoms with Gasteiger partial charge < -0.3 is 29.1 Å². The molecule has 2 aliphatic rings. The number of rotatable bonds is 12. The fraction of sp³-hybridized carbons (Fsp3) is 0.484. The van der Waals surface area contributed by atoms with Gasteiger partial charge in [-0.25, -0.2) is 0 Å². The van der Waals surface area contributed by atoms with E-state index in [0.29, 0.717) is 55.4 Å². The number of carbonyl (C=O) groups excluding carboxylic acids is 2. The summed E-state index contributed by atoms with van der Waals surface area (Å²) in [4.78, 5) is 29.7. The third-order valence-corrected chi connectivity index (χ3v) is 7.44. The van der Waals surface area contributed by atoms with E-state index < -0.39 is 23.5 Å². The minimum Gasteiger partial charge on any atom is -0.872 e. The summed E-state index contributed by atoms with van der Waals surface area (Å²) < 4.78 is 17.5. The van der Waals surface area contributed by atoms with Crippen LogP contribution in [-0.4, -0.2) is 62.1 Å². The zero-order valence-corrected chi connectivity index (χ0v) is 23.7. The topological polar surface area (TPSA) is 92.6 Å². The van der Waals surface area contributed by atoms with Crippen molar-refractivity contribution in [2.45, 2.75) is 59.6 Å². The summed E-state index contributed by atoms with van der Waals surface area (Å²) >= 11 is 0. The molecule has 2 heterocycles. The highest BCUT2D eigenvalue weighted by Crippen LogP contribution is 2.42. The van der Waals surface area contributed by atoms with Crippen molar-refractivity contribution in [1.82, 2.24) is 4.90 Å². The number of amides is 1. The van der Waals surface area contributed by atoms with Crippen LogP contribution < -0.4 is 24.2 Å². The van der Waals surface area contributed by atoms with Gasteiger partial charge in [0.1, 0.15) is 11.9 Å². The number of Topliss-reactive ketones (excluding diaryl/α,β-unsaturated/α-hetero) is 1. The highest BCUT2D eigenvalue weighted by Gasteiger charge is 2.44. The Morgan fingerprint density at radius 1 is 1.05 bits per heavy atom. The molecule has 1 N–H and O–H groups in total. The van der Waals surface area contributed by atoms with Crippen LogP contribution in [0.3, 0.4) is 0 Å². The van der Waals surface area contributed by atoms with Crippen LogP contribution in [0.4, 0.5) is 0 Å². The number of hydrogen-bond acceptors (Lipinski definition) is 6. The minimum atomic E-state index is -0.810. The molecule has 1 fully saturated rings. The van der Waals surface area contributed by atoms with Gasteiger partial charge in [-0.1, -0.05) is 24.8 Å². The van der Waals surface area contributed by atoms with Crippen LogP contribution in [0.2, 0.25) is 0 Å². The number of nitrogens with zero attached hydrogens (tertiary/aromatic N) is 1. The number of ether oxygens (including phenoxy) is 3. The predicted octanol–water partition coefficient (Wildman–Crippen LogP) is 2.35. The van der Waals surface area contributed by atoms with Crippen molar-refractivity contribution in [2.24, 2.45) is 0 Å². The second-order valence-corrected chi connectivity index (χ2v) is 10.1. The lowest BCUT2D eigenvalue weighted by Crippen LogP contribution is -3.12. The number of quaternary nitrogens is 1. The van der Waals surface area contributed by atoms with E-state index >= 15 is 0 Å². The summed E-state index contributed by atoms with van der Waals surface area (Å²) in [5.41, 5.74) is 1.95. The molecule has 2 aromatic rings. The molecular weight excluding hydrogens is 496 g/mol. The van der Waals surface area contributed by atoms with Gasteiger partial charge in [-0.15, -0.1) is 0 Å². The molecule has 0 saturated carbocycles. The van der Waals surface area contributed by atoms with Crippen molar-refractivity contribution in [3.05, 3.63) is 58.7 Å². The monoisotopic (exact) mass is 536 g/mol. The zero-order valence-electron chi connectivity index (χ0n) is 23.7. The average molecular weight is 537 g/mol. The van der Waals surface area contributed by atoms with Crippen LogP contribution in [0.5, 0.6) is 17.2 Å². The molecule has 2 aromatic carbocycles. The smallest absolute Gasteiger partial charge is 0.295 e. The summed E-state index contributed by atoms with van der Waals surface area (Å²) in [5, 5.41) is 13.9. The van der Waals surface area contributed by atoms with Gasteiger partial charge in [0.25, 0.3) is 5.91 Å². The molecule has 0 bridgehead atoms. The van der Waals surface area contributed by atoms with Gasteiger partial charge in [0, 0.05) is 12.0 Å². The number of benzene rings is 2. The van der Waals surface area contributed by atoms with Gasteiger partial charge in [-0.3, -0.25) is 9.59 Å². The Labute approximate surface area is 231 Å². The normalized spacial score (nSPS) is 19.9. The van der Waals surface area contributed by atoms with Crippen molar-refractivity contribution in [1.29, 1.82) is 0 Å². The van der Waals surface area contributed by atoms with Crippen LogP contribution >= 0.6 is 0 Å². The summed E-state index contributed by atoms with van der Waals surface area (Å²) in [6, 6.07) is 9.86. The molecule has 0 aliphatic carbocycles. The van der Waals surface area contributed by atoms with E-state index in [4.69, 9.17) is 14.2 Å².